The van der Waals surface area contributed by atoms with Gasteiger partial charge in [0.2, 0.25) is 0 Å². The van der Waals surface area contributed by atoms with Crippen LogP contribution in [-0.2, 0) is 0 Å². The molecular weight excluding hydrogens is 142 g/mol. The van der Waals surface area contributed by atoms with Crippen molar-refractivity contribution in [3.8, 4) is 11.4 Å². The lowest BCUT2D eigenvalue weighted by molar-refractivity contribution is 1.30. The van der Waals surface area contributed by atoms with Crippen LogP contribution in [0.4, 0.5) is 11.6 Å². The summed E-state index contributed by atoms with van der Waals surface area (Å²) >= 11 is 0. The van der Waals surface area contributed by atoms with E-state index in [1.807, 2.05) is 0 Å². The summed E-state index contributed by atoms with van der Waals surface area (Å²) in [5.41, 5.74) is 12.4. The Bertz CT molecular complexity index is 352. The van der Waals surface area contributed by atoms with E-state index in [2.05, 4.69) is 15.0 Å². The van der Waals surface area contributed by atoms with Gasteiger partial charge in [-0.1, -0.05) is 0 Å². The largest absolute Gasteiger partial charge is 0.385 e. The fraction of sp³-hybridized carbons (Fsp3) is 0. The van der Waals surface area contributed by atoms with Gasteiger partial charge in [-0.2, -0.15) is 0 Å². The highest BCUT2D eigenvalue weighted by Gasteiger charge is 2.09. The topological polar surface area (TPSA) is 93.6 Å². The number of aromatic amines is 1. The molecule has 0 aliphatic carbocycles. The van der Waals surface area contributed by atoms with Crippen LogP contribution in [0.5, 0.6) is 0 Å². The monoisotopic (exact) mass is 149 g/mol. The summed E-state index contributed by atoms with van der Waals surface area (Å²) in [5.74, 6) is 0.952. The summed E-state index contributed by atoms with van der Waals surface area (Å²) in [7, 11) is 0. The first-order valence-corrected chi connectivity index (χ1v) is 3.12. The molecule has 2 heterocycles. The van der Waals surface area contributed by atoms with E-state index in [1.165, 1.54) is 6.33 Å². The molecule has 0 spiro atoms. The molecule has 0 saturated carbocycles. The standard InChI is InChI=1S/C6H7N5/c7-4-1-3-5(6(8)11-4)10-2-9-3/h1-2,11H,7-8H2. The van der Waals surface area contributed by atoms with Gasteiger partial charge in [-0.15, -0.1) is 0 Å². The van der Waals surface area contributed by atoms with Crippen molar-refractivity contribution >= 4 is 11.6 Å². The number of H-pyrrole nitrogens is 1. The number of anilines is 2. The van der Waals surface area contributed by atoms with Crippen LogP contribution in [-0.4, -0.2) is 15.0 Å². The van der Waals surface area contributed by atoms with E-state index in [-0.39, 0.29) is 0 Å². The summed E-state index contributed by atoms with van der Waals surface area (Å²) in [4.78, 5) is 10.6. The number of nitrogens with zero attached hydrogens (tertiary/aromatic N) is 2. The molecule has 0 atom stereocenters. The molecule has 2 aliphatic rings. The second kappa shape index (κ2) is 1.85. The Labute approximate surface area is 62.8 Å². The molecule has 5 N–H and O–H groups in total. The van der Waals surface area contributed by atoms with E-state index in [0.717, 1.165) is 5.69 Å². The number of aromatic nitrogens is 3. The molecule has 0 radical (unpaired) electrons. The molecule has 0 aromatic carbocycles. The molecule has 0 amide bonds. The lowest BCUT2D eigenvalue weighted by Crippen LogP contribution is -1.99. The van der Waals surface area contributed by atoms with Gasteiger partial charge in [0.05, 0.1) is 5.69 Å². The lowest BCUT2D eigenvalue weighted by atomic mass is 10.3. The van der Waals surface area contributed by atoms with Crippen LogP contribution < -0.4 is 11.5 Å². The molecular formula is C6H7N5. The van der Waals surface area contributed by atoms with Crippen LogP contribution >= 0.6 is 0 Å². The number of hydrogen-bond donors (Lipinski definition) is 3. The van der Waals surface area contributed by atoms with Crippen molar-refractivity contribution in [2.45, 2.75) is 0 Å². The van der Waals surface area contributed by atoms with Crippen molar-refractivity contribution in [1.29, 1.82) is 0 Å². The minimum absolute atomic E-state index is 0.456. The average Bonchev–Trinajstić information content (AvgIpc) is 2.34. The van der Waals surface area contributed by atoms with E-state index in [4.69, 9.17) is 11.5 Å². The maximum atomic E-state index is 5.56. The predicted octanol–water partition coefficient (Wildman–Crippen LogP) is 0.0739. The van der Waals surface area contributed by atoms with Gasteiger partial charge < -0.3 is 16.5 Å². The van der Waals surface area contributed by atoms with E-state index < -0.39 is 0 Å². The van der Waals surface area contributed by atoms with Crippen LogP contribution in [0.1, 0.15) is 0 Å². The van der Waals surface area contributed by atoms with Crippen LogP contribution in [0.2, 0.25) is 0 Å². The molecule has 56 valence electrons. The van der Waals surface area contributed by atoms with E-state index in [0.29, 0.717) is 17.3 Å². The SMILES string of the molecule is Nc1cc2ncnc-2c(N)[nH]1. The molecule has 2 aliphatic heterocycles. The van der Waals surface area contributed by atoms with Gasteiger partial charge in [0, 0.05) is 6.07 Å². The third-order valence-electron chi connectivity index (χ3n) is 1.45. The second-order valence-electron chi connectivity index (χ2n) is 2.25. The highest BCUT2D eigenvalue weighted by Crippen LogP contribution is 2.23. The first-order chi connectivity index (χ1) is 5.27. The number of nitrogens with one attached hydrogen (secondary N) is 1. The van der Waals surface area contributed by atoms with Crippen molar-refractivity contribution in [3.63, 3.8) is 0 Å². The fourth-order valence-electron chi connectivity index (χ4n) is 0.987. The normalized spacial score (nSPS) is 10.5. The molecule has 2 rings (SSSR count). The molecule has 11 heavy (non-hydrogen) atoms. The summed E-state index contributed by atoms with van der Waals surface area (Å²) in [6.45, 7) is 0. The van der Waals surface area contributed by atoms with Crippen molar-refractivity contribution in [1.82, 2.24) is 15.0 Å². The third-order valence-corrected chi connectivity index (χ3v) is 1.45. The zero-order valence-electron chi connectivity index (χ0n) is 5.70. The van der Waals surface area contributed by atoms with Gasteiger partial charge in [-0.3, -0.25) is 0 Å². The quantitative estimate of drug-likeness (QED) is 0.494. The first-order valence-electron chi connectivity index (χ1n) is 3.12. The molecule has 0 aromatic rings. The van der Waals surface area contributed by atoms with E-state index in [1.54, 1.807) is 6.07 Å². The predicted molar refractivity (Wildman–Crippen MR) is 41.8 cm³/mol. The Morgan fingerprint density at radius 1 is 1.27 bits per heavy atom. The van der Waals surface area contributed by atoms with E-state index >= 15 is 0 Å². The summed E-state index contributed by atoms with van der Waals surface area (Å²) in [6.07, 6.45) is 1.45. The van der Waals surface area contributed by atoms with Crippen molar-refractivity contribution in [2.75, 3.05) is 11.5 Å². The molecule has 0 saturated heterocycles. The molecule has 0 fully saturated rings. The van der Waals surface area contributed by atoms with Gasteiger partial charge >= 0.3 is 0 Å². The van der Waals surface area contributed by atoms with Crippen LogP contribution in [0.3, 0.4) is 0 Å². The Balaban J connectivity index is 2.79. The van der Waals surface area contributed by atoms with Gasteiger partial charge in [0.1, 0.15) is 23.7 Å². The summed E-state index contributed by atoms with van der Waals surface area (Å²) in [6, 6.07) is 1.69. The maximum absolute atomic E-state index is 5.56. The lowest BCUT2D eigenvalue weighted by Gasteiger charge is -2.01. The van der Waals surface area contributed by atoms with Crippen molar-refractivity contribution in [2.24, 2.45) is 0 Å². The van der Waals surface area contributed by atoms with Crippen LogP contribution in [0.15, 0.2) is 12.4 Å². The first kappa shape index (κ1) is 5.96. The third kappa shape index (κ3) is 0.778. The molecule has 5 heteroatoms. The van der Waals surface area contributed by atoms with E-state index in [9.17, 15) is 0 Å². The zero-order chi connectivity index (χ0) is 7.84. The number of imidazole rings is 1. The smallest absolute Gasteiger partial charge is 0.131 e. The number of fused-ring (bicyclic) bond motifs is 1. The molecule has 5 nitrogen and oxygen atoms in total. The van der Waals surface area contributed by atoms with Gasteiger partial charge in [-0.25, -0.2) is 9.97 Å². The molecule has 0 aromatic heterocycles. The van der Waals surface area contributed by atoms with Gasteiger partial charge in [-0.05, 0) is 0 Å². The summed E-state index contributed by atoms with van der Waals surface area (Å²) in [5, 5.41) is 0. The maximum Gasteiger partial charge on any atom is 0.131 e. The van der Waals surface area contributed by atoms with Gasteiger partial charge in [0.15, 0.2) is 0 Å². The minimum atomic E-state index is 0.456. The Kier molecular flexibility index (Phi) is 1.00. The highest BCUT2D eigenvalue weighted by molar-refractivity contribution is 5.71. The van der Waals surface area contributed by atoms with Crippen LogP contribution in [0.25, 0.3) is 11.4 Å². The number of nitrogen functional groups attached to an aromatic ring is 2. The number of pyridine rings is 1. The Morgan fingerprint density at radius 3 is 2.91 bits per heavy atom. The number of nitrogens with two attached hydrogens (primary N) is 2. The van der Waals surface area contributed by atoms with Gasteiger partial charge in [0.25, 0.3) is 0 Å². The van der Waals surface area contributed by atoms with Crippen molar-refractivity contribution in [3.05, 3.63) is 12.4 Å². The Morgan fingerprint density at radius 2 is 2.09 bits per heavy atom. The zero-order valence-corrected chi connectivity index (χ0v) is 5.70. The second-order valence-corrected chi connectivity index (χ2v) is 2.25. The Hall–Kier alpha value is -1.78. The molecule has 0 unspecified atom stereocenters. The average molecular weight is 149 g/mol. The summed E-state index contributed by atoms with van der Waals surface area (Å²) < 4.78 is 0. The fourth-order valence-corrected chi connectivity index (χ4v) is 0.987. The van der Waals surface area contributed by atoms with Crippen molar-refractivity contribution < 1.29 is 0 Å². The molecule has 0 bridgehead atoms. The number of hydrogen-bond acceptors (Lipinski definition) is 4. The highest BCUT2D eigenvalue weighted by atomic mass is 15.0. The minimum Gasteiger partial charge on any atom is -0.385 e. The number of rotatable bonds is 0. The van der Waals surface area contributed by atoms with Crippen LogP contribution in [0, 0.1) is 0 Å².